The normalized spacial score (nSPS) is 29.5. The first-order valence-corrected chi connectivity index (χ1v) is 7.19. The van der Waals surface area contributed by atoms with Gasteiger partial charge in [0.2, 0.25) is 0 Å². The van der Waals surface area contributed by atoms with Crippen LogP contribution in [-0.4, -0.2) is 73.9 Å². The minimum absolute atomic E-state index is 0.0528. The Morgan fingerprint density at radius 3 is 1.96 bits per heavy atom. The van der Waals surface area contributed by atoms with E-state index in [1.54, 1.807) is 0 Å². The average Bonchev–Trinajstić information content (AvgIpc) is 2.39. The van der Waals surface area contributed by atoms with Crippen LogP contribution in [0, 0.1) is 11.3 Å². The monoisotopic (exact) mass is 345 g/mol. The third-order valence-corrected chi connectivity index (χ3v) is 4.84. The van der Waals surface area contributed by atoms with Crippen LogP contribution in [0.4, 0.5) is 0 Å². The Morgan fingerprint density at radius 2 is 1.50 bits per heavy atom. The van der Waals surface area contributed by atoms with Crippen LogP contribution in [0.3, 0.4) is 0 Å². The van der Waals surface area contributed by atoms with Crippen molar-refractivity contribution in [3.63, 3.8) is 0 Å². The van der Waals surface area contributed by atoms with Gasteiger partial charge in [0.25, 0.3) is 0 Å². The molecule has 5 N–H and O–H groups in total. The van der Waals surface area contributed by atoms with E-state index >= 15 is 0 Å². The number of hydrogen-bond donors (Lipinski definition) is 5. The second kappa shape index (κ2) is 5.83. The van der Waals surface area contributed by atoms with Gasteiger partial charge in [0, 0.05) is 13.0 Å². The second-order valence-corrected chi connectivity index (χ2v) is 6.00. The molecule has 2 saturated heterocycles. The van der Waals surface area contributed by atoms with Crippen molar-refractivity contribution in [2.45, 2.75) is 25.3 Å². The van der Waals surface area contributed by atoms with Crippen LogP contribution in [-0.2, 0) is 24.0 Å². The standard InChI is InChI=1S/C13H16N2O9/c16-8(17)6(9(18)19)13-2-1-5-15(12(13)24,14-4-3-13)7(10(20)21)11(22)23/h6-7,14H,1-5H2,(H3-,16,17,18,19,20,21,22,23)/p+1. The fraction of sp³-hybridized carbons (Fsp3) is 0.615. The number of quaternary nitrogens is 1. The van der Waals surface area contributed by atoms with E-state index in [9.17, 15) is 44.4 Å². The Balaban J connectivity index is 2.61. The summed E-state index contributed by atoms with van der Waals surface area (Å²) in [6, 6.07) is -2.18. The summed E-state index contributed by atoms with van der Waals surface area (Å²) >= 11 is 0. The molecule has 2 bridgehead atoms. The van der Waals surface area contributed by atoms with Gasteiger partial charge in [0.05, 0.1) is 0 Å². The number of aliphatic carboxylic acids is 4. The van der Waals surface area contributed by atoms with Crippen molar-refractivity contribution in [3.8, 4) is 0 Å². The summed E-state index contributed by atoms with van der Waals surface area (Å²) in [6.45, 7) is -0.240. The quantitative estimate of drug-likeness (QED) is 0.276. The summed E-state index contributed by atoms with van der Waals surface area (Å²) in [7, 11) is 0. The van der Waals surface area contributed by atoms with Crippen LogP contribution >= 0.6 is 0 Å². The van der Waals surface area contributed by atoms with Gasteiger partial charge in [-0.1, -0.05) is 0 Å². The number of nitrogens with one attached hydrogen (secondary N) is 1. The highest BCUT2D eigenvalue weighted by Gasteiger charge is 2.69. The number of piperidine rings is 1. The summed E-state index contributed by atoms with van der Waals surface area (Å²) in [6.07, 6.45) is -0.0589. The lowest BCUT2D eigenvalue weighted by molar-refractivity contribution is -0.917. The molecule has 0 aromatic heterocycles. The minimum atomic E-state index is -2.18. The molecule has 0 aromatic rings. The van der Waals surface area contributed by atoms with Crippen molar-refractivity contribution >= 4 is 29.8 Å². The van der Waals surface area contributed by atoms with Crippen LogP contribution in [0.2, 0.25) is 0 Å². The molecule has 11 nitrogen and oxygen atoms in total. The maximum Gasteiger partial charge on any atom is 0.377 e. The Bertz CT molecular complexity index is 541. The number of carboxylic acids is 4. The number of nitrogens with zero attached hydrogens (tertiary/aromatic N) is 1. The van der Waals surface area contributed by atoms with Gasteiger partial charge in [-0.2, -0.15) is 10.0 Å². The predicted octanol–water partition coefficient (Wildman–Crippen LogP) is -1.66. The van der Waals surface area contributed by atoms with Gasteiger partial charge in [-0.15, -0.1) is 0 Å². The van der Waals surface area contributed by atoms with E-state index in [0.717, 1.165) is 0 Å². The first-order chi connectivity index (χ1) is 11.1. The van der Waals surface area contributed by atoms with Crippen LogP contribution < -0.4 is 5.43 Å². The van der Waals surface area contributed by atoms with Crippen LogP contribution in [0.15, 0.2) is 0 Å². The largest absolute Gasteiger partial charge is 0.481 e. The number of carboxylic acid groups (broad SMARTS) is 4. The molecule has 1 amide bonds. The van der Waals surface area contributed by atoms with Crippen LogP contribution in [0.25, 0.3) is 0 Å². The Hall–Kier alpha value is -2.53. The predicted molar refractivity (Wildman–Crippen MR) is 72.2 cm³/mol. The molecule has 132 valence electrons. The van der Waals surface area contributed by atoms with E-state index in [2.05, 4.69) is 5.43 Å². The van der Waals surface area contributed by atoms with Crippen molar-refractivity contribution in [3.05, 3.63) is 0 Å². The lowest BCUT2D eigenvalue weighted by atomic mass is 9.65. The Morgan fingerprint density at radius 1 is 0.958 bits per heavy atom. The molecule has 2 aliphatic heterocycles. The molecule has 11 heteroatoms. The minimum Gasteiger partial charge on any atom is -0.481 e. The first kappa shape index (κ1) is 17.8. The topological polar surface area (TPSA) is 178 Å². The average molecular weight is 345 g/mol. The number of carbonyl (C=O) groups is 5. The zero-order valence-electron chi connectivity index (χ0n) is 12.5. The smallest absolute Gasteiger partial charge is 0.377 e. The highest BCUT2D eigenvalue weighted by Crippen LogP contribution is 2.47. The molecule has 2 unspecified atom stereocenters. The maximum atomic E-state index is 13.0. The fourth-order valence-corrected chi connectivity index (χ4v) is 3.92. The molecule has 2 aliphatic rings. The van der Waals surface area contributed by atoms with E-state index < -0.39 is 51.8 Å². The van der Waals surface area contributed by atoms with Crippen LogP contribution in [0.1, 0.15) is 19.3 Å². The number of fused-ring (bicyclic) bond motifs is 2. The SMILES string of the molecule is O=C(O)C(C(=O)O)C12CCC[N+](C(C(=O)O)C(=O)O)(NCC1)C2=O. The van der Waals surface area contributed by atoms with E-state index in [4.69, 9.17) is 0 Å². The lowest BCUT2D eigenvalue weighted by Crippen LogP contribution is -2.80. The molecule has 0 aromatic carbocycles. The fourth-order valence-electron chi connectivity index (χ4n) is 3.92. The summed E-state index contributed by atoms with van der Waals surface area (Å²) in [4.78, 5) is 58.7. The third-order valence-electron chi connectivity index (χ3n) is 4.84. The molecule has 24 heavy (non-hydrogen) atoms. The van der Waals surface area contributed by atoms with Crippen molar-refractivity contribution in [1.29, 1.82) is 0 Å². The van der Waals surface area contributed by atoms with Gasteiger partial charge in [0.1, 0.15) is 12.0 Å². The number of hydrogen-bond acceptors (Lipinski definition) is 6. The van der Waals surface area contributed by atoms with E-state index in [0.29, 0.717) is 0 Å². The van der Waals surface area contributed by atoms with Gasteiger partial charge in [-0.3, -0.25) is 9.59 Å². The third kappa shape index (κ3) is 2.32. The van der Waals surface area contributed by atoms with E-state index in [1.807, 2.05) is 0 Å². The summed E-state index contributed by atoms with van der Waals surface area (Å²) in [5.41, 5.74) is 0.731. The molecule has 2 fully saturated rings. The van der Waals surface area contributed by atoms with Crippen LogP contribution in [0.5, 0.6) is 0 Å². The van der Waals surface area contributed by atoms with Crippen molar-refractivity contribution < 1.29 is 49.0 Å². The Labute approximate surface area is 135 Å². The number of amides is 1. The zero-order chi connectivity index (χ0) is 18.3. The maximum absolute atomic E-state index is 13.0. The van der Waals surface area contributed by atoms with Crippen molar-refractivity contribution in [2.24, 2.45) is 11.3 Å². The number of rotatable bonds is 6. The van der Waals surface area contributed by atoms with Gasteiger partial charge >= 0.3 is 35.8 Å². The van der Waals surface area contributed by atoms with E-state index in [1.165, 1.54) is 0 Å². The summed E-state index contributed by atoms with van der Waals surface area (Å²) in [5.74, 6) is -10.0. The molecule has 0 spiro atoms. The second-order valence-electron chi connectivity index (χ2n) is 6.00. The summed E-state index contributed by atoms with van der Waals surface area (Å²) in [5, 5.41) is 37.0. The molecular formula is C13H17N2O9+. The van der Waals surface area contributed by atoms with Gasteiger partial charge in [0.15, 0.2) is 5.92 Å². The molecule has 0 aliphatic carbocycles. The first-order valence-electron chi connectivity index (χ1n) is 7.19. The molecule has 0 radical (unpaired) electrons. The van der Waals surface area contributed by atoms with Crippen molar-refractivity contribution in [1.82, 2.24) is 5.43 Å². The highest BCUT2D eigenvalue weighted by molar-refractivity contribution is 6.02. The van der Waals surface area contributed by atoms with Gasteiger partial charge < -0.3 is 20.4 Å². The molecular weight excluding hydrogens is 328 g/mol. The van der Waals surface area contributed by atoms with Gasteiger partial charge in [-0.25, -0.2) is 14.4 Å². The Kier molecular flexibility index (Phi) is 4.33. The summed E-state index contributed by atoms with van der Waals surface area (Å²) < 4.78 is -1.18. The molecule has 0 saturated carbocycles. The van der Waals surface area contributed by atoms with Crippen molar-refractivity contribution in [2.75, 3.05) is 13.1 Å². The highest BCUT2D eigenvalue weighted by atomic mass is 16.4. The number of carbonyl (C=O) groups excluding carboxylic acids is 1. The molecule has 2 atom stereocenters. The molecule has 2 heterocycles. The van der Waals surface area contributed by atoms with Gasteiger partial charge in [-0.05, 0) is 12.8 Å². The van der Waals surface area contributed by atoms with E-state index in [-0.39, 0.29) is 32.4 Å². The zero-order valence-corrected chi connectivity index (χ0v) is 12.5. The lowest BCUT2D eigenvalue weighted by Gasteiger charge is -2.52. The molecule has 2 rings (SSSR count).